The first-order valence-corrected chi connectivity index (χ1v) is 8.49. The Labute approximate surface area is 160 Å². The summed E-state index contributed by atoms with van der Waals surface area (Å²) in [5, 5.41) is 0. The quantitative estimate of drug-likeness (QED) is 0.677. The lowest BCUT2D eigenvalue weighted by atomic mass is 10.1. The summed E-state index contributed by atoms with van der Waals surface area (Å²) in [6.07, 6.45) is 1.36. The number of aromatic nitrogens is 1. The van der Waals surface area contributed by atoms with Crippen LogP contribution < -0.4 is 15.2 Å². The smallest absolute Gasteiger partial charge is 0.254 e. The van der Waals surface area contributed by atoms with Gasteiger partial charge in [0.05, 0.1) is 7.11 Å². The number of halogens is 2. The number of nitrogens with zero attached hydrogens (tertiary/aromatic N) is 1. The first kappa shape index (κ1) is 20.9. The minimum absolute atomic E-state index is 0.138. The van der Waals surface area contributed by atoms with Gasteiger partial charge in [0, 0.05) is 5.56 Å². The van der Waals surface area contributed by atoms with E-state index in [-0.39, 0.29) is 12.4 Å². The van der Waals surface area contributed by atoms with Crippen LogP contribution >= 0.6 is 0 Å². The minimum Gasteiger partial charge on any atom is -0.497 e. The molecule has 0 atom stereocenters. The maximum Gasteiger partial charge on any atom is 0.254 e. The van der Waals surface area contributed by atoms with Crippen LogP contribution in [0.15, 0.2) is 47.1 Å². The SMILES string of the molecule is CC.COc1ccc(-c2nc(COc3ccc(F)c(C(N)=O)c3F)co2)cc1. The van der Waals surface area contributed by atoms with E-state index in [1.165, 1.54) is 6.26 Å². The van der Waals surface area contributed by atoms with Gasteiger partial charge in [0.2, 0.25) is 5.89 Å². The summed E-state index contributed by atoms with van der Waals surface area (Å²) in [7, 11) is 1.56. The van der Waals surface area contributed by atoms with Crippen molar-refractivity contribution < 1.29 is 27.5 Å². The van der Waals surface area contributed by atoms with E-state index in [0.717, 1.165) is 17.7 Å². The number of benzene rings is 2. The normalized spacial score (nSPS) is 10.0. The summed E-state index contributed by atoms with van der Waals surface area (Å²) < 4.78 is 43.3. The second kappa shape index (κ2) is 9.50. The highest BCUT2D eigenvalue weighted by Crippen LogP contribution is 2.25. The van der Waals surface area contributed by atoms with E-state index < -0.39 is 23.1 Å². The van der Waals surface area contributed by atoms with Crippen molar-refractivity contribution in [2.75, 3.05) is 7.11 Å². The molecule has 0 unspecified atom stereocenters. The third kappa shape index (κ3) is 4.64. The molecule has 148 valence electrons. The lowest BCUT2D eigenvalue weighted by Gasteiger charge is -2.08. The van der Waals surface area contributed by atoms with E-state index in [1.54, 1.807) is 31.4 Å². The van der Waals surface area contributed by atoms with E-state index in [4.69, 9.17) is 19.6 Å². The highest BCUT2D eigenvalue weighted by molar-refractivity contribution is 5.93. The van der Waals surface area contributed by atoms with Gasteiger partial charge in [-0.15, -0.1) is 0 Å². The molecule has 1 amide bonds. The van der Waals surface area contributed by atoms with Crippen molar-refractivity contribution in [2.24, 2.45) is 5.73 Å². The summed E-state index contributed by atoms with van der Waals surface area (Å²) >= 11 is 0. The zero-order chi connectivity index (χ0) is 20.7. The molecule has 0 aliphatic heterocycles. The Bertz CT molecular complexity index is 940. The fourth-order valence-electron chi connectivity index (χ4n) is 2.26. The second-order valence-corrected chi connectivity index (χ2v) is 5.26. The molecule has 0 aliphatic carbocycles. The van der Waals surface area contributed by atoms with Crippen molar-refractivity contribution in [3.05, 3.63) is 65.6 Å². The van der Waals surface area contributed by atoms with Crippen LogP contribution in [0.25, 0.3) is 11.5 Å². The fraction of sp³-hybridized carbons (Fsp3) is 0.200. The van der Waals surface area contributed by atoms with Crippen LogP contribution in [0.2, 0.25) is 0 Å². The molecule has 2 aromatic carbocycles. The first-order chi connectivity index (χ1) is 13.5. The van der Waals surface area contributed by atoms with Crippen LogP contribution in [-0.4, -0.2) is 18.0 Å². The van der Waals surface area contributed by atoms with Gasteiger partial charge in [0.15, 0.2) is 11.6 Å². The molecule has 6 nitrogen and oxygen atoms in total. The van der Waals surface area contributed by atoms with Crippen LogP contribution in [0.3, 0.4) is 0 Å². The summed E-state index contributed by atoms with van der Waals surface area (Å²) in [4.78, 5) is 15.4. The van der Waals surface area contributed by atoms with Gasteiger partial charge in [0.1, 0.15) is 35.7 Å². The lowest BCUT2D eigenvalue weighted by Crippen LogP contribution is -2.16. The van der Waals surface area contributed by atoms with Crippen molar-refractivity contribution in [2.45, 2.75) is 20.5 Å². The molecule has 1 aromatic heterocycles. The van der Waals surface area contributed by atoms with Gasteiger partial charge < -0.3 is 19.6 Å². The zero-order valence-electron chi connectivity index (χ0n) is 15.7. The van der Waals surface area contributed by atoms with E-state index in [0.29, 0.717) is 17.3 Å². The number of nitrogens with two attached hydrogens (primary N) is 1. The largest absolute Gasteiger partial charge is 0.497 e. The molecule has 8 heteroatoms. The number of hydrogen-bond acceptors (Lipinski definition) is 5. The topological polar surface area (TPSA) is 87.6 Å². The Morgan fingerprint density at radius 1 is 1.14 bits per heavy atom. The Morgan fingerprint density at radius 2 is 1.82 bits per heavy atom. The Kier molecular flexibility index (Phi) is 7.08. The fourth-order valence-corrected chi connectivity index (χ4v) is 2.26. The maximum atomic E-state index is 14.1. The van der Waals surface area contributed by atoms with Crippen LogP contribution in [0.1, 0.15) is 29.9 Å². The number of hydrogen-bond donors (Lipinski definition) is 1. The third-order valence-corrected chi connectivity index (χ3v) is 3.57. The number of oxazole rings is 1. The summed E-state index contributed by atoms with van der Waals surface area (Å²) in [5.41, 5.74) is 5.24. The standard InChI is InChI=1S/C18H14F2N2O4.C2H6/c1-24-12-4-2-10(3-5-12)18-22-11(9-26-18)8-25-14-7-6-13(19)15(16(14)20)17(21)23;1-2/h2-7,9H,8H2,1H3,(H2,21,23);1-2H3. The third-order valence-electron chi connectivity index (χ3n) is 3.57. The molecule has 28 heavy (non-hydrogen) atoms. The number of amides is 1. The van der Waals surface area contributed by atoms with Gasteiger partial charge in [-0.3, -0.25) is 4.79 Å². The van der Waals surface area contributed by atoms with Crippen molar-refractivity contribution in [3.8, 4) is 23.0 Å². The molecule has 0 radical (unpaired) electrons. The molecule has 1 heterocycles. The van der Waals surface area contributed by atoms with Crippen molar-refractivity contribution in [1.82, 2.24) is 4.98 Å². The molecule has 0 bridgehead atoms. The van der Waals surface area contributed by atoms with Gasteiger partial charge in [-0.2, -0.15) is 0 Å². The Morgan fingerprint density at radius 3 is 2.43 bits per heavy atom. The average Bonchev–Trinajstić information content (AvgIpc) is 3.18. The van der Waals surface area contributed by atoms with E-state index >= 15 is 0 Å². The Hall–Kier alpha value is -3.42. The highest BCUT2D eigenvalue weighted by atomic mass is 19.1. The molecule has 0 aliphatic rings. The highest BCUT2D eigenvalue weighted by Gasteiger charge is 2.19. The molecular formula is C20H20F2N2O4. The van der Waals surface area contributed by atoms with Gasteiger partial charge in [-0.25, -0.2) is 13.8 Å². The number of ether oxygens (including phenoxy) is 2. The number of primary amides is 1. The van der Waals surface area contributed by atoms with E-state index in [9.17, 15) is 13.6 Å². The molecule has 2 N–H and O–H groups in total. The molecule has 0 fully saturated rings. The molecule has 3 rings (SSSR count). The zero-order valence-corrected chi connectivity index (χ0v) is 15.7. The number of carbonyl (C=O) groups is 1. The summed E-state index contributed by atoms with van der Waals surface area (Å²) in [5.74, 6) is -2.69. The van der Waals surface area contributed by atoms with E-state index in [1.807, 2.05) is 13.8 Å². The molecular weight excluding hydrogens is 370 g/mol. The molecule has 0 saturated carbocycles. The van der Waals surface area contributed by atoms with Crippen LogP contribution in [0, 0.1) is 11.6 Å². The Balaban J connectivity index is 0.00000136. The number of methoxy groups -OCH3 is 1. The average molecular weight is 390 g/mol. The molecule has 0 spiro atoms. The predicted molar refractivity (Wildman–Crippen MR) is 99.0 cm³/mol. The van der Waals surface area contributed by atoms with E-state index in [2.05, 4.69) is 4.98 Å². The number of rotatable bonds is 6. The second-order valence-electron chi connectivity index (χ2n) is 5.26. The van der Waals surface area contributed by atoms with Crippen LogP contribution in [-0.2, 0) is 6.61 Å². The van der Waals surface area contributed by atoms with Crippen LogP contribution in [0.4, 0.5) is 8.78 Å². The summed E-state index contributed by atoms with van der Waals surface area (Å²) in [6, 6.07) is 9.04. The molecule has 3 aromatic rings. The minimum atomic E-state index is -1.21. The summed E-state index contributed by atoms with van der Waals surface area (Å²) in [6.45, 7) is 3.86. The van der Waals surface area contributed by atoms with Crippen molar-refractivity contribution in [1.29, 1.82) is 0 Å². The van der Waals surface area contributed by atoms with Crippen molar-refractivity contribution >= 4 is 5.91 Å². The number of carbonyl (C=O) groups excluding carboxylic acids is 1. The lowest BCUT2D eigenvalue weighted by molar-refractivity contribution is 0.0991. The molecule has 0 saturated heterocycles. The van der Waals surface area contributed by atoms with Gasteiger partial charge >= 0.3 is 0 Å². The first-order valence-electron chi connectivity index (χ1n) is 8.49. The van der Waals surface area contributed by atoms with Gasteiger partial charge in [0.25, 0.3) is 5.91 Å². The van der Waals surface area contributed by atoms with Gasteiger partial charge in [-0.1, -0.05) is 13.8 Å². The van der Waals surface area contributed by atoms with Gasteiger partial charge in [-0.05, 0) is 36.4 Å². The maximum absolute atomic E-state index is 14.1. The van der Waals surface area contributed by atoms with Crippen LogP contribution in [0.5, 0.6) is 11.5 Å². The van der Waals surface area contributed by atoms with Crippen molar-refractivity contribution in [3.63, 3.8) is 0 Å². The monoisotopic (exact) mass is 390 g/mol. The predicted octanol–water partition coefficient (Wildman–Crippen LogP) is 4.33.